The molecule has 1 fully saturated rings. The third kappa shape index (κ3) is 2.82. The molecule has 0 unspecified atom stereocenters. The highest BCUT2D eigenvalue weighted by Gasteiger charge is 2.20. The Morgan fingerprint density at radius 3 is 3.15 bits per heavy atom. The van der Waals surface area contributed by atoms with Gasteiger partial charge in [0.05, 0.1) is 12.3 Å². The van der Waals surface area contributed by atoms with E-state index in [2.05, 4.69) is 40.0 Å². The lowest BCUT2D eigenvalue weighted by atomic mass is 10.3. The number of imidazole rings is 1. The van der Waals surface area contributed by atoms with E-state index >= 15 is 0 Å². The molecule has 0 amide bonds. The summed E-state index contributed by atoms with van der Waals surface area (Å²) in [7, 11) is 0. The Morgan fingerprint density at radius 2 is 2.30 bits per heavy atom. The monoisotopic (exact) mass is 294 g/mol. The molecular weight excluding hydrogens is 272 g/mol. The van der Waals surface area contributed by atoms with Crippen molar-refractivity contribution in [3.8, 4) is 0 Å². The van der Waals surface area contributed by atoms with E-state index in [0.29, 0.717) is 6.04 Å². The summed E-state index contributed by atoms with van der Waals surface area (Å²) >= 11 is 1.69. The zero-order valence-corrected chi connectivity index (χ0v) is 12.9. The van der Waals surface area contributed by atoms with Gasteiger partial charge in [-0.25, -0.2) is 4.98 Å². The predicted molar refractivity (Wildman–Crippen MR) is 82.7 cm³/mol. The number of nitrogens with zero attached hydrogens (tertiary/aromatic N) is 3. The first-order chi connectivity index (χ1) is 9.75. The summed E-state index contributed by atoms with van der Waals surface area (Å²) in [6.45, 7) is 8.80. The van der Waals surface area contributed by atoms with Crippen LogP contribution in [0.4, 0.5) is 5.82 Å². The largest absolute Gasteiger partial charge is 0.380 e. The van der Waals surface area contributed by atoms with E-state index in [1.807, 2.05) is 0 Å². The van der Waals surface area contributed by atoms with Crippen LogP contribution < -0.4 is 10.2 Å². The van der Waals surface area contributed by atoms with Gasteiger partial charge in [-0.2, -0.15) is 0 Å². The Balaban J connectivity index is 1.91. The number of ether oxygens (including phenoxy) is 1. The van der Waals surface area contributed by atoms with Crippen molar-refractivity contribution >= 4 is 22.1 Å². The van der Waals surface area contributed by atoms with Crippen LogP contribution >= 0.6 is 11.3 Å². The van der Waals surface area contributed by atoms with Crippen LogP contribution in [0, 0.1) is 0 Å². The zero-order chi connectivity index (χ0) is 13.9. The maximum atomic E-state index is 5.55. The van der Waals surface area contributed by atoms with Crippen LogP contribution in [0.1, 0.15) is 26.0 Å². The molecule has 2 aromatic heterocycles. The molecule has 20 heavy (non-hydrogen) atoms. The summed E-state index contributed by atoms with van der Waals surface area (Å²) < 4.78 is 7.76. The maximum Gasteiger partial charge on any atom is 0.195 e. The Kier molecular flexibility index (Phi) is 4.24. The van der Waals surface area contributed by atoms with Gasteiger partial charge in [-0.1, -0.05) is 13.8 Å². The van der Waals surface area contributed by atoms with Crippen molar-refractivity contribution in [2.24, 2.45) is 0 Å². The van der Waals surface area contributed by atoms with Gasteiger partial charge in [-0.3, -0.25) is 4.40 Å². The summed E-state index contributed by atoms with van der Waals surface area (Å²) in [5, 5.41) is 5.60. The summed E-state index contributed by atoms with van der Waals surface area (Å²) in [5.74, 6) is 1.12. The number of fused-ring (bicyclic) bond motifs is 1. The summed E-state index contributed by atoms with van der Waals surface area (Å²) in [5.41, 5.74) is 1.26. The normalized spacial score (nSPS) is 17.1. The van der Waals surface area contributed by atoms with E-state index in [4.69, 9.17) is 9.72 Å². The van der Waals surface area contributed by atoms with Gasteiger partial charge in [0.1, 0.15) is 0 Å². The van der Waals surface area contributed by atoms with Crippen molar-refractivity contribution in [2.45, 2.75) is 32.9 Å². The Bertz CT molecular complexity index is 555. The molecule has 1 aliphatic rings. The number of thiazole rings is 1. The molecular formula is C14H22N4OS. The van der Waals surface area contributed by atoms with Crippen LogP contribution in [-0.4, -0.2) is 41.7 Å². The molecule has 5 nitrogen and oxygen atoms in total. The minimum absolute atomic E-state index is 0.472. The number of hydrogen-bond acceptors (Lipinski definition) is 5. The van der Waals surface area contributed by atoms with Crippen molar-refractivity contribution in [3.63, 3.8) is 0 Å². The van der Waals surface area contributed by atoms with Crippen LogP contribution in [0.3, 0.4) is 0 Å². The van der Waals surface area contributed by atoms with Gasteiger partial charge in [0.15, 0.2) is 10.8 Å². The second kappa shape index (κ2) is 6.11. The molecule has 2 aromatic rings. The van der Waals surface area contributed by atoms with Gasteiger partial charge in [0, 0.05) is 43.9 Å². The van der Waals surface area contributed by atoms with Gasteiger partial charge in [-0.15, -0.1) is 11.3 Å². The first kappa shape index (κ1) is 13.9. The number of anilines is 1. The van der Waals surface area contributed by atoms with Crippen LogP contribution in [0.5, 0.6) is 0 Å². The highest BCUT2D eigenvalue weighted by Crippen LogP contribution is 2.25. The fourth-order valence-corrected chi connectivity index (χ4v) is 3.23. The quantitative estimate of drug-likeness (QED) is 0.938. The number of hydrogen-bond donors (Lipinski definition) is 1. The molecule has 0 saturated carbocycles. The second-order valence-electron chi connectivity index (χ2n) is 5.43. The lowest BCUT2D eigenvalue weighted by Gasteiger charge is -2.21. The van der Waals surface area contributed by atoms with E-state index in [9.17, 15) is 0 Å². The van der Waals surface area contributed by atoms with Gasteiger partial charge >= 0.3 is 0 Å². The van der Waals surface area contributed by atoms with Crippen molar-refractivity contribution in [2.75, 3.05) is 31.2 Å². The van der Waals surface area contributed by atoms with Crippen molar-refractivity contribution in [1.29, 1.82) is 0 Å². The molecule has 1 N–H and O–H groups in total. The molecule has 110 valence electrons. The van der Waals surface area contributed by atoms with Gasteiger partial charge < -0.3 is 15.0 Å². The molecule has 6 heteroatoms. The number of rotatable bonds is 4. The topological polar surface area (TPSA) is 41.8 Å². The molecule has 0 bridgehead atoms. The minimum atomic E-state index is 0.472. The third-order valence-electron chi connectivity index (χ3n) is 3.54. The van der Waals surface area contributed by atoms with Crippen LogP contribution in [0.2, 0.25) is 0 Å². The molecule has 0 aliphatic carbocycles. The molecule has 1 aliphatic heterocycles. The summed E-state index contributed by atoms with van der Waals surface area (Å²) in [6, 6.07) is 0.472. The van der Waals surface area contributed by atoms with E-state index in [1.54, 1.807) is 11.3 Å². The SMILES string of the molecule is CC(C)NCc1c(N2CCCOCC2)nc2sccn12. The number of aromatic nitrogens is 2. The zero-order valence-electron chi connectivity index (χ0n) is 12.1. The molecule has 3 heterocycles. The molecule has 0 spiro atoms. The highest BCUT2D eigenvalue weighted by molar-refractivity contribution is 7.15. The van der Waals surface area contributed by atoms with Crippen molar-refractivity contribution in [3.05, 3.63) is 17.3 Å². The minimum Gasteiger partial charge on any atom is -0.380 e. The third-order valence-corrected chi connectivity index (χ3v) is 4.30. The second-order valence-corrected chi connectivity index (χ2v) is 6.30. The van der Waals surface area contributed by atoms with Gasteiger partial charge in [0.2, 0.25) is 0 Å². The van der Waals surface area contributed by atoms with Gasteiger partial charge in [-0.05, 0) is 6.42 Å². The van der Waals surface area contributed by atoms with E-state index < -0.39 is 0 Å². The molecule has 0 aromatic carbocycles. The van der Waals surface area contributed by atoms with Crippen LogP contribution in [0.25, 0.3) is 4.96 Å². The van der Waals surface area contributed by atoms with E-state index in [1.165, 1.54) is 5.69 Å². The first-order valence-electron chi connectivity index (χ1n) is 7.26. The summed E-state index contributed by atoms with van der Waals surface area (Å²) in [6.07, 6.45) is 3.18. The Hall–Kier alpha value is -1.11. The molecule has 0 radical (unpaired) electrons. The number of nitrogens with one attached hydrogen (secondary N) is 1. The molecule has 1 saturated heterocycles. The standard InChI is InChI=1S/C14H22N4OS/c1-11(2)15-10-12-13(16-14-18(12)6-9-20-14)17-4-3-7-19-8-5-17/h6,9,11,15H,3-5,7-8,10H2,1-2H3. The fourth-order valence-electron chi connectivity index (χ4n) is 2.50. The van der Waals surface area contributed by atoms with Crippen LogP contribution in [-0.2, 0) is 11.3 Å². The fraction of sp³-hybridized carbons (Fsp3) is 0.643. The molecule has 3 rings (SSSR count). The molecule has 0 atom stereocenters. The predicted octanol–water partition coefficient (Wildman–Crippen LogP) is 2.12. The smallest absolute Gasteiger partial charge is 0.195 e. The van der Waals surface area contributed by atoms with Crippen molar-refractivity contribution < 1.29 is 4.74 Å². The lowest BCUT2D eigenvalue weighted by Crippen LogP contribution is -2.29. The first-order valence-corrected chi connectivity index (χ1v) is 8.14. The van der Waals surface area contributed by atoms with E-state index in [0.717, 1.165) is 50.0 Å². The van der Waals surface area contributed by atoms with E-state index in [-0.39, 0.29) is 0 Å². The van der Waals surface area contributed by atoms with Gasteiger partial charge in [0.25, 0.3) is 0 Å². The maximum absolute atomic E-state index is 5.55. The average Bonchev–Trinajstić information content (AvgIpc) is 2.88. The van der Waals surface area contributed by atoms with Crippen molar-refractivity contribution in [1.82, 2.24) is 14.7 Å². The Labute approximate surface area is 123 Å². The highest BCUT2D eigenvalue weighted by atomic mass is 32.1. The lowest BCUT2D eigenvalue weighted by molar-refractivity contribution is 0.152. The average molecular weight is 294 g/mol. The van der Waals surface area contributed by atoms with Crippen LogP contribution in [0.15, 0.2) is 11.6 Å². The Morgan fingerprint density at radius 1 is 1.40 bits per heavy atom. The summed E-state index contributed by atoms with van der Waals surface area (Å²) in [4.78, 5) is 8.27.